The fourth-order valence-corrected chi connectivity index (χ4v) is 2.00. The molecule has 0 fully saturated rings. The van der Waals surface area contributed by atoms with E-state index in [2.05, 4.69) is 12.2 Å². The molecule has 20 heavy (non-hydrogen) atoms. The van der Waals surface area contributed by atoms with Crippen LogP contribution in [0.15, 0.2) is 24.3 Å². The van der Waals surface area contributed by atoms with Gasteiger partial charge < -0.3 is 10.1 Å². The molecule has 0 aromatic heterocycles. The van der Waals surface area contributed by atoms with Crippen LogP contribution in [0, 0.1) is 0 Å². The number of ether oxygens (including phenoxy) is 1. The van der Waals surface area contributed by atoms with Crippen LogP contribution in [0.5, 0.6) is 5.75 Å². The maximum atomic E-state index is 11.8. The Balaban J connectivity index is 2.27. The van der Waals surface area contributed by atoms with Gasteiger partial charge in [-0.05, 0) is 44.5 Å². The molecule has 0 spiro atoms. The zero-order valence-electron chi connectivity index (χ0n) is 12.9. The molecule has 0 heterocycles. The number of rotatable bonds is 9. The normalized spacial score (nSPS) is 10.6. The Morgan fingerprint density at radius 1 is 1.10 bits per heavy atom. The van der Waals surface area contributed by atoms with Gasteiger partial charge in [-0.2, -0.15) is 0 Å². The lowest BCUT2D eigenvalue weighted by Gasteiger charge is -2.10. The smallest absolute Gasteiger partial charge is 0.224 e. The van der Waals surface area contributed by atoms with E-state index in [0.29, 0.717) is 6.42 Å². The monoisotopic (exact) mass is 277 g/mol. The molecule has 0 bridgehead atoms. The first-order valence-electron chi connectivity index (χ1n) is 7.68. The minimum absolute atomic E-state index is 0.0963. The fraction of sp³-hybridized carbons (Fsp3) is 0.588. The fourth-order valence-electron chi connectivity index (χ4n) is 2.00. The van der Waals surface area contributed by atoms with E-state index in [1.807, 2.05) is 38.1 Å². The molecule has 1 aromatic rings. The number of hydrogen-bond donors (Lipinski definition) is 1. The van der Waals surface area contributed by atoms with Crippen LogP contribution < -0.4 is 10.1 Å². The van der Waals surface area contributed by atoms with Gasteiger partial charge in [0.15, 0.2) is 0 Å². The second-order valence-corrected chi connectivity index (χ2v) is 5.40. The summed E-state index contributed by atoms with van der Waals surface area (Å²) in [5.41, 5.74) is 0.833. The van der Waals surface area contributed by atoms with Gasteiger partial charge in [0.1, 0.15) is 5.75 Å². The van der Waals surface area contributed by atoms with Gasteiger partial charge in [-0.3, -0.25) is 4.79 Å². The predicted molar refractivity (Wildman–Crippen MR) is 84.2 cm³/mol. The maximum absolute atomic E-state index is 11.8. The van der Waals surface area contributed by atoms with E-state index in [1.165, 1.54) is 19.3 Å². The molecule has 0 aliphatic carbocycles. The Labute approximate surface area is 122 Å². The maximum Gasteiger partial charge on any atom is 0.224 e. The molecular weight excluding hydrogens is 250 g/mol. The summed E-state index contributed by atoms with van der Waals surface area (Å²) in [7, 11) is 0. The molecule has 3 heteroatoms. The summed E-state index contributed by atoms with van der Waals surface area (Å²) in [6.45, 7) is 6.18. The minimum Gasteiger partial charge on any atom is -0.491 e. The molecule has 0 aliphatic rings. The van der Waals surface area contributed by atoms with Gasteiger partial charge in [0.2, 0.25) is 5.91 Å². The SMILES string of the molecule is CCCCCCCC(=O)Nc1ccc(OC(C)C)cc1. The van der Waals surface area contributed by atoms with Crippen molar-refractivity contribution in [1.29, 1.82) is 0 Å². The van der Waals surface area contributed by atoms with Crippen molar-refractivity contribution in [3.05, 3.63) is 24.3 Å². The molecule has 0 radical (unpaired) electrons. The van der Waals surface area contributed by atoms with Crippen molar-refractivity contribution in [3.8, 4) is 5.75 Å². The van der Waals surface area contributed by atoms with Gasteiger partial charge >= 0.3 is 0 Å². The van der Waals surface area contributed by atoms with Crippen molar-refractivity contribution in [2.75, 3.05) is 5.32 Å². The van der Waals surface area contributed by atoms with Gasteiger partial charge in [0.25, 0.3) is 0 Å². The van der Waals surface area contributed by atoms with Crippen molar-refractivity contribution in [3.63, 3.8) is 0 Å². The van der Waals surface area contributed by atoms with Crippen LogP contribution in [-0.2, 0) is 4.79 Å². The van der Waals surface area contributed by atoms with E-state index in [-0.39, 0.29) is 12.0 Å². The lowest BCUT2D eigenvalue weighted by molar-refractivity contribution is -0.116. The van der Waals surface area contributed by atoms with E-state index >= 15 is 0 Å². The number of amides is 1. The topological polar surface area (TPSA) is 38.3 Å². The van der Waals surface area contributed by atoms with Gasteiger partial charge in [-0.15, -0.1) is 0 Å². The van der Waals surface area contributed by atoms with E-state index in [4.69, 9.17) is 4.74 Å². The number of anilines is 1. The second kappa shape index (κ2) is 9.40. The first-order valence-corrected chi connectivity index (χ1v) is 7.68. The summed E-state index contributed by atoms with van der Waals surface area (Å²) in [4.78, 5) is 11.8. The van der Waals surface area contributed by atoms with Crippen molar-refractivity contribution >= 4 is 11.6 Å². The van der Waals surface area contributed by atoms with Crippen LogP contribution in [0.4, 0.5) is 5.69 Å². The predicted octanol–water partition coefficient (Wildman–Crippen LogP) is 4.77. The lowest BCUT2D eigenvalue weighted by Crippen LogP contribution is -2.11. The number of nitrogens with one attached hydrogen (secondary N) is 1. The summed E-state index contributed by atoms with van der Waals surface area (Å²) < 4.78 is 5.56. The first-order chi connectivity index (χ1) is 9.61. The Hall–Kier alpha value is -1.51. The van der Waals surface area contributed by atoms with E-state index in [1.54, 1.807) is 0 Å². The molecule has 0 saturated carbocycles. The number of hydrogen-bond acceptors (Lipinski definition) is 2. The lowest BCUT2D eigenvalue weighted by atomic mass is 10.1. The Bertz CT molecular complexity index is 384. The highest BCUT2D eigenvalue weighted by Crippen LogP contribution is 2.17. The Morgan fingerprint density at radius 2 is 1.75 bits per heavy atom. The molecule has 1 aromatic carbocycles. The van der Waals surface area contributed by atoms with E-state index in [9.17, 15) is 4.79 Å². The van der Waals surface area contributed by atoms with Crippen LogP contribution in [0.2, 0.25) is 0 Å². The van der Waals surface area contributed by atoms with Crippen molar-refractivity contribution < 1.29 is 9.53 Å². The molecule has 3 nitrogen and oxygen atoms in total. The summed E-state index contributed by atoms with van der Waals surface area (Å²) >= 11 is 0. The summed E-state index contributed by atoms with van der Waals surface area (Å²) in [6, 6.07) is 7.53. The molecule has 0 saturated heterocycles. The van der Waals surface area contributed by atoms with Crippen molar-refractivity contribution in [1.82, 2.24) is 0 Å². The molecule has 0 aliphatic heterocycles. The molecule has 0 unspecified atom stereocenters. The van der Waals surface area contributed by atoms with Gasteiger partial charge in [0, 0.05) is 12.1 Å². The summed E-state index contributed by atoms with van der Waals surface area (Å²) in [5.74, 6) is 0.927. The molecule has 1 rings (SSSR count). The van der Waals surface area contributed by atoms with E-state index < -0.39 is 0 Å². The van der Waals surface area contributed by atoms with Crippen molar-refractivity contribution in [2.24, 2.45) is 0 Å². The number of carbonyl (C=O) groups is 1. The molecule has 112 valence electrons. The second-order valence-electron chi connectivity index (χ2n) is 5.40. The molecule has 1 amide bonds. The zero-order chi connectivity index (χ0) is 14.8. The standard InChI is InChI=1S/C17H27NO2/c1-4-5-6-7-8-9-17(19)18-15-10-12-16(13-11-15)20-14(2)3/h10-14H,4-9H2,1-3H3,(H,18,19). The van der Waals surface area contributed by atoms with Crippen LogP contribution in [-0.4, -0.2) is 12.0 Å². The average Bonchev–Trinajstić information content (AvgIpc) is 2.40. The molecular formula is C17H27NO2. The average molecular weight is 277 g/mol. The van der Waals surface area contributed by atoms with Crippen LogP contribution in [0.3, 0.4) is 0 Å². The van der Waals surface area contributed by atoms with Crippen LogP contribution in [0.25, 0.3) is 0 Å². The third kappa shape index (κ3) is 7.17. The number of benzene rings is 1. The van der Waals surface area contributed by atoms with Crippen molar-refractivity contribution in [2.45, 2.75) is 65.4 Å². The quantitative estimate of drug-likeness (QED) is 0.660. The summed E-state index contributed by atoms with van der Waals surface area (Å²) in [5, 5.41) is 2.92. The van der Waals surface area contributed by atoms with Gasteiger partial charge in [-0.25, -0.2) is 0 Å². The van der Waals surface area contributed by atoms with E-state index in [0.717, 1.165) is 24.3 Å². The zero-order valence-corrected chi connectivity index (χ0v) is 12.9. The third-order valence-electron chi connectivity index (χ3n) is 3.02. The number of carbonyl (C=O) groups excluding carboxylic acids is 1. The highest BCUT2D eigenvalue weighted by atomic mass is 16.5. The van der Waals surface area contributed by atoms with Crippen LogP contribution >= 0.6 is 0 Å². The van der Waals surface area contributed by atoms with Gasteiger partial charge in [-0.1, -0.05) is 32.6 Å². The minimum atomic E-state index is 0.0963. The molecule has 0 atom stereocenters. The Kier molecular flexibility index (Phi) is 7.78. The third-order valence-corrected chi connectivity index (χ3v) is 3.02. The molecule has 1 N–H and O–H groups in total. The first kappa shape index (κ1) is 16.5. The Morgan fingerprint density at radius 3 is 2.35 bits per heavy atom. The highest BCUT2D eigenvalue weighted by molar-refractivity contribution is 5.90. The van der Waals surface area contributed by atoms with Gasteiger partial charge in [0.05, 0.1) is 6.10 Å². The summed E-state index contributed by atoms with van der Waals surface area (Å²) in [6.07, 6.45) is 6.61. The van der Waals surface area contributed by atoms with Crippen LogP contribution in [0.1, 0.15) is 59.3 Å². The highest BCUT2D eigenvalue weighted by Gasteiger charge is 2.03. The number of unbranched alkanes of at least 4 members (excludes halogenated alkanes) is 4. The largest absolute Gasteiger partial charge is 0.491 e.